The Morgan fingerprint density at radius 1 is 0.789 bits per heavy atom. The number of hydrogen-bond donors (Lipinski definition) is 0. The minimum atomic E-state index is -2.12. The number of benzene rings is 2. The SMILES string of the molecule is Cc1cc(C)cc([Si](C)(Cl)c2cc(C)ccc2C)c1. The van der Waals surface area contributed by atoms with Crippen molar-refractivity contribution in [3.8, 4) is 0 Å². The molecule has 0 aliphatic rings. The molecular weight excluding hydrogens is 268 g/mol. The molecule has 0 nitrogen and oxygen atoms in total. The van der Waals surface area contributed by atoms with E-state index in [1.54, 1.807) is 0 Å². The molecule has 0 fully saturated rings. The molecule has 2 heteroatoms. The lowest BCUT2D eigenvalue weighted by molar-refractivity contribution is 1.40. The summed E-state index contributed by atoms with van der Waals surface area (Å²) in [6, 6.07) is 13.3. The third-order valence-electron chi connectivity index (χ3n) is 3.66. The number of hydrogen-bond acceptors (Lipinski definition) is 0. The minimum absolute atomic E-state index is 1.28. The van der Waals surface area contributed by atoms with Gasteiger partial charge in [0.2, 0.25) is 7.38 Å². The molecule has 0 spiro atoms. The van der Waals surface area contributed by atoms with Crippen LogP contribution in [0.15, 0.2) is 36.4 Å². The standard InChI is InChI=1S/C17H21ClSi/c1-12-6-7-15(4)17(11-12)19(5,18)16-9-13(2)8-14(3)10-16/h6-11H,1-5H3. The molecule has 0 aliphatic carbocycles. The molecule has 2 aromatic carbocycles. The van der Waals surface area contributed by atoms with Crippen molar-refractivity contribution in [3.05, 3.63) is 58.7 Å². The average molecular weight is 289 g/mol. The highest BCUT2D eigenvalue weighted by molar-refractivity contribution is 7.33. The van der Waals surface area contributed by atoms with Crippen LogP contribution in [-0.4, -0.2) is 7.38 Å². The summed E-state index contributed by atoms with van der Waals surface area (Å²) in [6.45, 7) is 10.8. The Balaban J connectivity index is 2.60. The molecule has 0 N–H and O–H groups in total. The first-order valence-corrected chi connectivity index (χ1v) is 10.2. The maximum absolute atomic E-state index is 7.05. The van der Waals surface area contributed by atoms with Crippen LogP contribution in [0, 0.1) is 27.7 Å². The second-order valence-corrected chi connectivity index (χ2v) is 11.1. The number of rotatable bonds is 2. The van der Waals surface area contributed by atoms with Crippen LogP contribution in [0.5, 0.6) is 0 Å². The van der Waals surface area contributed by atoms with Gasteiger partial charge >= 0.3 is 0 Å². The predicted octanol–water partition coefficient (Wildman–Crippen LogP) is 3.85. The van der Waals surface area contributed by atoms with Crippen LogP contribution in [0.25, 0.3) is 0 Å². The first-order chi connectivity index (χ1) is 8.80. The first kappa shape index (κ1) is 14.4. The van der Waals surface area contributed by atoms with Crippen molar-refractivity contribution in [1.82, 2.24) is 0 Å². The average Bonchev–Trinajstić information content (AvgIpc) is 2.31. The molecule has 0 heterocycles. The van der Waals surface area contributed by atoms with Crippen molar-refractivity contribution in [2.45, 2.75) is 34.2 Å². The molecule has 0 amide bonds. The van der Waals surface area contributed by atoms with Crippen LogP contribution in [-0.2, 0) is 0 Å². The van der Waals surface area contributed by atoms with Crippen molar-refractivity contribution in [2.24, 2.45) is 0 Å². The Morgan fingerprint density at radius 3 is 1.95 bits per heavy atom. The second-order valence-electron chi connectivity index (χ2n) is 5.70. The molecule has 100 valence electrons. The van der Waals surface area contributed by atoms with Crippen LogP contribution >= 0.6 is 11.1 Å². The van der Waals surface area contributed by atoms with Gasteiger partial charge in [-0.3, -0.25) is 0 Å². The van der Waals surface area contributed by atoms with Gasteiger partial charge in [0.25, 0.3) is 0 Å². The Hall–Kier alpha value is -1.05. The van der Waals surface area contributed by atoms with E-state index in [4.69, 9.17) is 11.1 Å². The molecule has 2 rings (SSSR count). The zero-order valence-corrected chi connectivity index (χ0v) is 14.1. The topological polar surface area (TPSA) is 0 Å². The molecule has 1 atom stereocenters. The highest BCUT2D eigenvalue weighted by atomic mass is 35.6. The minimum Gasteiger partial charge on any atom is -0.155 e. The largest absolute Gasteiger partial charge is 0.214 e. The van der Waals surface area contributed by atoms with E-state index in [1.165, 1.54) is 32.6 Å². The lowest BCUT2D eigenvalue weighted by Gasteiger charge is -2.24. The van der Waals surface area contributed by atoms with Gasteiger partial charge in [0, 0.05) is 0 Å². The second kappa shape index (κ2) is 5.14. The Labute approximate surface area is 122 Å². The van der Waals surface area contributed by atoms with Crippen LogP contribution in [0.4, 0.5) is 0 Å². The van der Waals surface area contributed by atoms with E-state index in [2.05, 4.69) is 70.6 Å². The van der Waals surface area contributed by atoms with Crippen molar-refractivity contribution >= 4 is 28.8 Å². The maximum atomic E-state index is 7.05. The van der Waals surface area contributed by atoms with E-state index in [-0.39, 0.29) is 0 Å². The highest BCUT2D eigenvalue weighted by Crippen LogP contribution is 2.15. The fourth-order valence-corrected chi connectivity index (χ4v) is 6.21. The first-order valence-electron chi connectivity index (χ1n) is 6.66. The third-order valence-corrected chi connectivity index (χ3v) is 7.85. The monoisotopic (exact) mass is 288 g/mol. The van der Waals surface area contributed by atoms with E-state index in [1.807, 2.05) is 0 Å². The highest BCUT2D eigenvalue weighted by Gasteiger charge is 2.31. The van der Waals surface area contributed by atoms with Crippen LogP contribution in [0.3, 0.4) is 0 Å². The molecule has 0 aromatic heterocycles. The quantitative estimate of drug-likeness (QED) is 0.582. The predicted molar refractivity (Wildman–Crippen MR) is 88.6 cm³/mol. The van der Waals surface area contributed by atoms with Gasteiger partial charge in [0.1, 0.15) is 0 Å². The number of aryl methyl sites for hydroxylation is 4. The van der Waals surface area contributed by atoms with Gasteiger partial charge < -0.3 is 0 Å². The lowest BCUT2D eigenvalue weighted by atomic mass is 10.2. The molecule has 2 aromatic rings. The maximum Gasteiger partial charge on any atom is 0.214 e. The molecule has 0 radical (unpaired) electrons. The van der Waals surface area contributed by atoms with Gasteiger partial charge in [0.05, 0.1) is 0 Å². The summed E-state index contributed by atoms with van der Waals surface area (Å²) in [6.07, 6.45) is 0. The van der Waals surface area contributed by atoms with Crippen molar-refractivity contribution in [1.29, 1.82) is 0 Å². The summed E-state index contributed by atoms with van der Waals surface area (Å²) in [4.78, 5) is 0. The van der Waals surface area contributed by atoms with E-state index in [9.17, 15) is 0 Å². The Morgan fingerprint density at radius 2 is 1.37 bits per heavy atom. The van der Waals surface area contributed by atoms with Gasteiger partial charge in [0.15, 0.2) is 0 Å². The van der Waals surface area contributed by atoms with Crippen molar-refractivity contribution in [3.63, 3.8) is 0 Å². The van der Waals surface area contributed by atoms with Crippen molar-refractivity contribution in [2.75, 3.05) is 0 Å². The van der Waals surface area contributed by atoms with Crippen LogP contribution in [0.2, 0.25) is 6.55 Å². The van der Waals surface area contributed by atoms with E-state index in [0.717, 1.165) is 0 Å². The van der Waals surface area contributed by atoms with Gasteiger partial charge in [-0.05, 0) is 44.6 Å². The van der Waals surface area contributed by atoms with Crippen LogP contribution < -0.4 is 10.4 Å². The summed E-state index contributed by atoms with van der Waals surface area (Å²) in [5.74, 6) is 0. The van der Waals surface area contributed by atoms with E-state index in [0.29, 0.717) is 0 Å². The van der Waals surface area contributed by atoms with E-state index < -0.39 is 7.38 Å². The fourth-order valence-electron chi connectivity index (χ4n) is 2.64. The smallest absolute Gasteiger partial charge is 0.155 e. The third kappa shape index (κ3) is 2.93. The molecule has 19 heavy (non-hydrogen) atoms. The zero-order valence-electron chi connectivity index (χ0n) is 12.3. The molecule has 0 saturated heterocycles. The molecule has 0 bridgehead atoms. The van der Waals surface area contributed by atoms with E-state index >= 15 is 0 Å². The summed E-state index contributed by atoms with van der Waals surface area (Å²) < 4.78 is 0. The molecule has 0 aliphatic heterocycles. The lowest BCUT2D eigenvalue weighted by Crippen LogP contribution is -2.52. The summed E-state index contributed by atoms with van der Waals surface area (Å²) in [7, 11) is -2.12. The van der Waals surface area contributed by atoms with Gasteiger partial charge in [-0.15, -0.1) is 0 Å². The Bertz CT molecular complexity index is 594. The summed E-state index contributed by atoms with van der Waals surface area (Å²) in [5.41, 5.74) is 5.16. The molecule has 0 saturated carbocycles. The van der Waals surface area contributed by atoms with Gasteiger partial charge in [-0.25, -0.2) is 0 Å². The van der Waals surface area contributed by atoms with Crippen LogP contribution in [0.1, 0.15) is 22.3 Å². The molecular formula is C17H21ClSi. The fraction of sp³-hybridized carbons (Fsp3) is 0.294. The normalized spacial score (nSPS) is 14.2. The summed E-state index contributed by atoms with van der Waals surface area (Å²) >= 11 is 7.05. The number of halogens is 1. The molecule has 1 unspecified atom stereocenters. The van der Waals surface area contributed by atoms with Crippen molar-refractivity contribution < 1.29 is 0 Å². The van der Waals surface area contributed by atoms with Gasteiger partial charge in [-0.2, -0.15) is 11.1 Å². The Kier molecular flexibility index (Phi) is 3.89. The zero-order chi connectivity index (χ0) is 14.2. The summed E-state index contributed by atoms with van der Waals surface area (Å²) in [5, 5.41) is 2.64. The van der Waals surface area contributed by atoms with Gasteiger partial charge in [-0.1, -0.05) is 58.7 Å².